The highest BCUT2D eigenvalue weighted by Gasteiger charge is 2.13. The van der Waals surface area contributed by atoms with Crippen LogP contribution in [-0.2, 0) is 6.54 Å². The van der Waals surface area contributed by atoms with Gasteiger partial charge in [0.15, 0.2) is 10.6 Å². The minimum absolute atomic E-state index is 0.345. The van der Waals surface area contributed by atoms with Crippen LogP contribution in [0.15, 0.2) is 54.7 Å². The van der Waals surface area contributed by atoms with Crippen LogP contribution in [0.5, 0.6) is 0 Å². The summed E-state index contributed by atoms with van der Waals surface area (Å²) < 4.78 is 2.63. The van der Waals surface area contributed by atoms with Crippen LogP contribution in [-0.4, -0.2) is 19.7 Å². The number of nitrogens with one attached hydrogen (secondary N) is 1. The van der Waals surface area contributed by atoms with Crippen LogP contribution in [0.3, 0.4) is 0 Å². The van der Waals surface area contributed by atoms with E-state index >= 15 is 0 Å². The summed E-state index contributed by atoms with van der Waals surface area (Å²) in [6.45, 7) is 2.96. The first-order valence-corrected chi connectivity index (χ1v) is 7.28. The molecule has 1 aromatic carbocycles. The minimum atomic E-state index is 0.345. The fourth-order valence-corrected chi connectivity index (χ4v) is 2.55. The van der Waals surface area contributed by atoms with Crippen molar-refractivity contribution < 1.29 is 0 Å². The second kappa shape index (κ2) is 6.01. The molecule has 0 aliphatic heterocycles. The second-order valence-electron chi connectivity index (χ2n) is 4.99. The maximum atomic E-state index is 5.36. The number of nitrogens with zero attached hydrogens (tertiary/aromatic N) is 3. The lowest BCUT2D eigenvalue weighted by molar-refractivity contribution is 0.594. The number of rotatable bonds is 4. The molecule has 3 aromatic rings. The number of pyridine rings is 1. The lowest BCUT2D eigenvalue weighted by atomic mass is 10.0. The molecule has 0 spiro atoms. The van der Waals surface area contributed by atoms with Crippen molar-refractivity contribution >= 4 is 12.2 Å². The maximum absolute atomic E-state index is 5.36. The molecule has 0 fully saturated rings. The quantitative estimate of drug-likeness (QED) is 0.745. The van der Waals surface area contributed by atoms with E-state index in [-0.39, 0.29) is 0 Å². The number of benzene rings is 1. The molecule has 1 unspecified atom stereocenters. The predicted octanol–water partition coefficient (Wildman–Crippen LogP) is 3.81. The summed E-state index contributed by atoms with van der Waals surface area (Å²) in [5.74, 6) is 1.13. The first-order chi connectivity index (χ1) is 10.3. The van der Waals surface area contributed by atoms with Crippen LogP contribution in [0, 0.1) is 4.77 Å². The van der Waals surface area contributed by atoms with E-state index in [1.165, 1.54) is 5.56 Å². The minimum Gasteiger partial charge on any atom is -0.298 e. The van der Waals surface area contributed by atoms with E-state index in [1.807, 2.05) is 28.8 Å². The molecule has 0 saturated carbocycles. The Balaban J connectivity index is 1.93. The maximum Gasteiger partial charge on any atom is 0.195 e. The molecule has 3 rings (SSSR count). The average molecular weight is 296 g/mol. The first kappa shape index (κ1) is 13.7. The molecule has 1 N–H and O–H groups in total. The number of hydrogen-bond donors (Lipinski definition) is 1. The SMILES string of the molecule is CC(Cn1c(-c2ccccn2)n[nH]c1=S)c1ccccc1. The number of aromatic amines is 1. The zero-order valence-corrected chi connectivity index (χ0v) is 12.5. The summed E-state index contributed by atoms with van der Waals surface area (Å²) in [7, 11) is 0. The van der Waals surface area contributed by atoms with Crippen molar-refractivity contribution in [3.8, 4) is 11.5 Å². The molecule has 0 saturated heterocycles. The predicted molar refractivity (Wildman–Crippen MR) is 85.5 cm³/mol. The molecule has 4 nitrogen and oxygen atoms in total. The highest BCUT2D eigenvalue weighted by molar-refractivity contribution is 7.71. The first-order valence-electron chi connectivity index (χ1n) is 6.87. The van der Waals surface area contributed by atoms with Crippen molar-refractivity contribution in [1.29, 1.82) is 0 Å². The Bertz CT molecular complexity index is 762. The molecular formula is C16H16N4S. The van der Waals surface area contributed by atoms with Crippen molar-refractivity contribution in [2.75, 3.05) is 0 Å². The van der Waals surface area contributed by atoms with Crippen molar-refractivity contribution in [3.05, 3.63) is 65.1 Å². The largest absolute Gasteiger partial charge is 0.298 e. The van der Waals surface area contributed by atoms with Gasteiger partial charge in [0.25, 0.3) is 0 Å². The van der Waals surface area contributed by atoms with Gasteiger partial charge < -0.3 is 0 Å². The third kappa shape index (κ3) is 2.92. The van der Waals surface area contributed by atoms with E-state index in [9.17, 15) is 0 Å². The standard InChI is InChI=1S/C16H16N4S/c1-12(13-7-3-2-4-8-13)11-20-15(18-19-16(20)21)14-9-5-6-10-17-14/h2-10,12H,11H2,1H3,(H,19,21). The van der Waals surface area contributed by atoms with Gasteiger partial charge >= 0.3 is 0 Å². The fourth-order valence-electron chi connectivity index (χ4n) is 2.34. The Hall–Kier alpha value is -2.27. The van der Waals surface area contributed by atoms with Crippen LogP contribution in [0.25, 0.3) is 11.5 Å². The molecule has 0 aliphatic carbocycles. The molecule has 1 atom stereocenters. The van der Waals surface area contributed by atoms with E-state index in [0.29, 0.717) is 10.7 Å². The van der Waals surface area contributed by atoms with Gasteiger partial charge in [-0.1, -0.05) is 43.3 Å². The van der Waals surface area contributed by atoms with E-state index in [4.69, 9.17) is 12.2 Å². The van der Waals surface area contributed by atoms with Gasteiger partial charge in [-0.2, -0.15) is 5.10 Å². The van der Waals surface area contributed by atoms with Crippen LogP contribution < -0.4 is 0 Å². The molecule has 106 valence electrons. The summed E-state index contributed by atoms with van der Waals surface area (Å²) in [5.41, 5.74) is 2.11. The van der Waals surface area contributed by atoms with Gasteiger partial charge in [-0.05, 0) is 35.8 Å². The molecule has 0 aliphatic rings. The summed E-state index contributed by atoms with van der Waals surface area (Å²) in [5, 5.41) is 7.18. The highest BCUT2D eigenvalue weighted by Crippen LogP contribution is 2.21. The Morgan fingerprint density at radius 1 is 1.14 bits per heavy atom. The highest BCUT2D eigenvalue weighted by atomic mass is 32.1. The number of H-pyrrole nitrogens is 1. The van der Waals surface area contributed by atoms with E-state index in [2.05, 4.69) is 46.4 Å². The lowest BCUT2D eigenvalue weighted by Crippen LogP contribution is -2.08. The molecule has 5 heteroatoms. The van der Waals surface area contributed by atoms with Gasteiger partial charge in [0, 0.05) is 12.7 Å². The Morgan fingerprint density at radius 2 is 1.90 bits per heavy atom. The summed E-state index contributed by atoms with van der Waals surface area (Å²) in [4.78, 5) is 4.35. The number of hydrogen-bond acceptors (Lipinski definition) is 3. The monoisotopic (exact) mass is 296 g/mol. The Morgan fingerprint density at radius 3 is 2.62 bits per heavy atom. The van der Waals surface area contributed by atoms with Crippen LogP contribution in [0.2, 0.25) is 0 Å². The normalized spacial score (nSPS) is 12.2. The second-order valence-corrected chi connectivity index (χ2v) is 5.38. The molecule has 21 heavy (non-hydrogen) atoms. The third-order valence-corrected chi connectivity index (χ3v) is 3.79. The summed E-state index contributed by atoms with van der Waals surface area (Å²) >= 11 is 5.36. The van der Waals surface area contributed by atoms with Crippen molar-refractivity contribution in [2.24, 2.45) is 0 Å². The zero-order valence-electron chi connectivity index (χ0n) is 11.7. The van der Waals surface area contributed by atoms with Crippen molar-refractivity contribution in [2.45, 2.75) is 19.4 Å². The van der Waals surface area contributed by atoms with Crippen LogP contribution >= 0.6 is 12.2 Å². The fraction of sp³-hybridized carbons (Fsp3) is 0.188. The molecule has 0 amide bonds. The summed E-state index contributed by atoms with van der Waals surface area (Å²) in [6, 6.07) is 16.2. The van der Waals surface area contributed by atoms with Gasteiger partial charge in [0.2, 0.25) is 0 Å². The Kier molecular flexibility index (Phi) is 3.92. The van der Waals surface area contributed by atoms with Gasteiger partial charge in [0.05, 0.1) is 0 Å². The third-order valence-electron chi connectivity index (χ3n) is 3.48. The van der Waals surface area contributed by atoms with Gasteiger partial charge in [0.1, 0.15) is 5.69 Å². The van der Waals surface area contributed by atoms with E-state index < -0.39 is 0 Å². The molecule has 2 aromatic heterocycles. The average Bonchev–Trinajstić information content (AvgIpc) is 2.90. The smallest absolute Gasteiger partial charge is 0.195 e. The lowest BCUT2D eigenvalue weighted by Gasteiger charge is -2.14. The summed E-state index contributed by atoms with van der Waals surface area (Å²) in [6.07, 6.45) is 1.76. The van der Waals surface area contributed by atoms with Crippen molar-refractivity contribution in [3.63, 3.8) is 0 Å². The Labute approximate surface area is 128 Å². The van der Waals surface area contributed by atoms with Crippen molar-refractivity contribution in [1.82, 2.24) is 19.7 Å². The number of aromatic nitrogens is 4. The van der Waals surface area contributed by atoms with E-state index in [1.54, 1.807) is 6.20 Å². The molecule has 2 heterocycles. The van der Waals surface area contributed by atoms with Crippen LogP contribution in [0.1, 0.15) is 18.4 Å². The zero-order chi connectivity index (χ0) is 14.7. The van der Waals surface area contributed by atoms with Gasteiger partial charge in [-0.15, -0.1) is 0 Å². The molecule has 0 bridgehead atoms. The molecule has 0 radical (unpaired) electrons. The van der Waals surface area contributed by atoms with Gasteiger partial charge in [-0.3, -0.25) is 14.6 Å². The molecular weight excluding hydrogens is 280 g/mol. The van der Waals surface area contributed by atoms with Crippen LogP contribution in [0.4, 0.5) is 0 Å². The topological polar surface area (TPSA) is 46.5 Å². The van der Waals surface area contributed by atoms with Gasteiger partial charge in [-0.25, -0.2) is 0 Å². The van der Waals surface area contributed by atoms with E-state index in [0.717, 1.165) is 18.1 Å².